The topological polar surface area (TPSA) is 79.2 Å². The van der Waals surface area contributed by atoms with Crippen LogP contribution in [0, 0.1) is 12.7 Å². The van der Waals surface area contributed by atoms with E-state index < -0.39 is 25.7 Å². The minimum Gasteiger partial charge on any atom is -0.372 e. The maximum absolute atomic E-state index is 15.5. The third-order valence-electron chi connectivity index (χ3n) is 7.44. The van der Waals surface area contributed by atoms with Crippen LogP contribution in [0.5, 0.6) is 0 Å². The number of aromatic nitrogens is 4. The molecule has 8 nitrogen and oxygen atoms in total. The van der Waals surface area contributed by atoms with Gasteiger partial charge in [0.15, 0.2) is 0 Å². The minimum absolute atomic E-state index is 0.00397. The molecular formula is C30H34FN7O. The van der Waals surface area contributed by atoms with Gasteiger partial charge in [-0.25, -0.2) is 9.37 Å². The Kier molecular flexibility index (Phi) is 5.39. The Morgan fingerprint density at radius 2 is 2.03 bits per heavy atom. The van der Waals surface area contributed by atoms with Crippen LogP contribution in [0.1, 0.15) is 54.8 Å². The van der Waals surface area contributed by atoms with Gasteiger partial charge in [-0.1, -0.05) is 6.08 Å². The number of anilines is 1. The smallest absolute Gasteiger partial charge is 0.253 e. The van der Waals surface area contributed by atoms with E-state index >= 15 is 4.39 Å². The zero-order chi connectivity index (χ0) is 32.8. The van der Waals surface area contributed by atoms with Crippen molar-refractivity contribution in [2.45, 2.75) is 26.3 Å². The molecule has 202 valence electrons. The number of aryl methyl sites for hydroxylation is 2. The van der Waals surface area contributed by atoms with Crippen LogP contribution in [0.25, 0.3) is 27.9 Å². The fourth-order valence-electron chi connectivity index (χ4n) is 5.33. The molecule has 0 bridgehead atoms. The number of carbonyl (C=O) groups excluding carboxylic acids is 1. The molecule has 4 aromatic rings. The number of nitrogens with zero attached hydrogens (tertiary/aromatic N) is 6. The molecule has 0 radical (unpaired) electrons. The summed E-state index contributed by atoms with van der Waals surface area (Å²) in [5, 5.41) is 12.5. The summed E-state index contributed by atoms with van der Waals surface area (Å²) in [4.78, 5) is 19.6. The summed E-state index contributed by atoms with van der Waals surface area (Å²) >= 11 is 0. The molecule has 3 aromatic heterocycles. The summed E-state index contributed by atoms with van der Waals surface area (Å²) in [5.41, 5.74) is 4.73. The molecule has 0 unspecified atom stereocenters. The van der Waals surface area contributed by atoms with Crippen molar-refractivity contribution in [1.82, 2.24) is 29.5 Å². The lowest BCUT2D eigenvalue weighted by atomic mass is 9.92. The summed E-state index contributed by atoms with van der Waals surface area (Å²) in [6.45, 7) is -1.52. The van der Waals surface area contributed by atoms with Crippen molar-refractivity contribution >= 4 is 28.3 Å². The number of fused-ring (bicyclic) bond motifs is 1. The molecular weight excluding hydrogens is 493 g/mol. The van der Waals surface area contributed by atoms with Crippen LogP contribution < -0.4 is 5.32 Å². The van der Waals surface area contributed by atoms with Gasteiger partial charge in [-0.2, -0.15) is 0 Å². The average molecular weight is 534 g/mol. The highest BCUT2D eigenvalue weighted by molar-refractivity contribution is 5.95. The van der Waals surface area contributed by atoms with Crippen molar-refractivity contribution in [3.8, 4) is 11.3 Å². The number of carbonyl (C=O) groups is 1. The van der Waals surface area contributed by atoms with Crippen LogP contribution in [0.3, 0.4) is 0 Å². The van der Waals surface area contributed by atoms with Crippen LogP contribution in [0.4, 0.5) is 10.2 Å². The van der Waals surface area contributed by atoms with Crippen LogP contribution in [0.2, 0.25) is 0 Å². The van der Waals surface area contributed by atoms with E-state index in [1.54, 1.807) is 20.2 Å². The molecule has 0 saturated carbocycles. The maximum atomic E-state index is 15.5. The highest BCUT2D eigenvalue weighted by Crippen LogP contribution is 2.35. The molecule has 1 N–H and O–H groups in total. The highest BCUT2D eigenvalue weighted by Gasteiger charge is 2.25. The standard InChI is InChI=1S/C30H34FN7O/c1-18-15-21(30(39)36(4)5)16-24(31)28(18)20-10-13-38(14-11-20)19(2)26-17-23-22(9-12-33-29(23)37(26)6)25-7-8-27(32-3)35-34-25/h7-10,12,15-17,19H,11,13-14H2,1-6H3,(H,32,35)/t19-/m0/s1/i4D3,5D3. The van der Waals surface area contributed by atoms with Gasteiger partial charge >= 0.3 is 0 Å². The third-order valence-corrected chi connectivity index (χ3v) is 7.44. The lowest BCUT2D eigenvalue weighted by molar-refractivity contribution is 0.0827. The molecule has 0 saturated heterocycles. The Morgan fingerprint density at radius 3 is 2.67 bits per heavy atom. The van der Waals surface area contributed by atoms with Gasteiger partial charge in [0.25, 0.3) is 5.91 Å². The maximum Gasteiger partial charge on any atom is 0.253 e. The Bertz CT molecular complexity index is 1750. The van der Waals surface area contributed by atoms with Gasteiger partial charge in [-0.3, -0.25) is 9.69 Å². The predicted octanol–water partition coefficient (Wildman–Crippen LogP) is 5.07. The Labute approximate surface area is 236 Å². The fourth-order valence-corrected chi connectivity index (χ4v) is 5.33. The summed E-state index contributed by atoms with van der Waals surface area (Å²) in [6.07, 6.45) is 4.25. The van der Waals surface area contributed by atoms with E-state index in [0.29, 0.717) is 36.5 Å². The van der Waals surface area contributed by atoms with Crippen molar-refractivity contribution in [1.29, 1.82) is 0 Å². The van der Waals surface area contributed by atoms with E-state index in [2.05, 4.69) is 43.0 Å². The molecule has 0 fully saturated rings. The summed E-state index contributed by atoms with van der Waals surface area (Å²) in [7, 11) is 3.77. The second-order valence-electron chi connectivity index (χ2n) is 9.72. The number of amides is 1. The number of hydrogen-bond acceptors (Lipinski definition) is 6. The molecule has 5 rings (SSSR count). The molecule has 1 amide bonds. The molecule has 1 atom stereocenters. The van der Waals surface area contributed by atoms with Gasteiger partial charge in [-0.05, 0) is 67.8 Å². The quantitative estimate of drug-likeness (QED) is 0.373. The van der Waals surface area contributed by atoms with Gasteiger partial charge in [0.05, 0.1) is 5.69 Å². The van der Waals surface area contributed by atoms with E-state index in [4.69, 9.17) is 8.22 Å². The molecule has 0 spiro atoms. The van der Waals surface area contributed by atoms with Crippen molar-refractivity contribution in [3.05, 3.63) is 76.9 Å². The van der Waals surface area contributed by atoms with E-state index in [9.17, 15) is 4.79 Å². The molecule has 1 aliphatic heterocycles. The minimum atomic E-state index is -3.22. The van der Waals surface area contributed by atoms with Crippen molar-refractivity contribution in [2.75, 3.05) is 39.4 Å². The first-order chi connectivity index (χ1) is 21.1. The number of halogens is 1. The van der Waals surface area contributed by atoms with Crippen molar-refractivity contribution in [2.24, 2.45) is 7.05 Å². The van der Waals surface area contributed by atoms with Crippen LogP contribution in [-0.2, 0) is 7.05 Å². The van der Waals surface area contributed by atoms with E-state index in [1.807, 2.05) is 31.3 Å². The van der Waals surface area contributed by atoms with Gasteiger partial charge in [0.1, 0.15) is 17.3 Å². The molecule has 9 heteroatoms. The van der Waals surface area contributed by atoms with Gasteiger partial charge in [-0.15, -0.1) is 10.2 Å². The number of hydrogen-bond donors (Lipinski definition) is 1. The average Bonchev–Trinajstić information content (AvgIpc) is 3.31. The zero-order valence-corrected chi connectivity index (χ0v) is 22.3. The Hall–Kier alpha value is -4.11. The summed E-state index contributed by atoms with van der Waals surface area (Å²) < 4.78 is 62.7. The first-order valence-corrected chi connectivity index (χ1v) is 12.7. The summed E-state index contributed by atoms with van der Waals surface area (Å²) in [5.74, 6) is -1.31. The van der Waals surface area contributed by atoms with Crippen LogP contribution >= 0.6 is 0 Å². The second kappa shape index (κ2) is 10.6. The normalized spacial score (nSPS) is 17.7. The van der Waals surface area contributed by atoms with Gasteiger partial charge in [0, 0.05) is 89.4 Å². The summed E-state index contributed by atoms with van der Waals surface area (Å²) in [6, 6.07) is 10.1. The van der Waals surface area contributed by atoms with Crippen molar-refractivity contribution in [3.63, 3.8) is 0 Å². The molecule has 1 aliphatic rings. The molecule has 1 aromatic carbocycles. The van der Waals surface area contributed by atoms with Crippen molar-refractivity contribution < 1.29 is 17.4 Å². The molecule has 4 heterocycles. The third kappa shape index (κ3) is 4.90. The van der Waals surface area contributed by atoms with E-state index in [0.717, 1.165) is 39.6 Å². The number of pyridine rings is 1. The number of benzene rings is 1. The number of rotatable bonds is 6. The van der Waals surface area contributed by atoms with Gasteiger partial charge in [0.2, 0.25) is 0 Å². The molecule has 0 aliphatic carbocycles. The largest absolute Gasteiger partial charge is 0.372 e. The Balaban J connectivity index is 1.39. The zero-order valence-electron chi connectivity index (χ0n) is 28.3. The number of nitrogens with one attached hydrogen (secondary N) is 1. The highest BCUT2D eigenvalue weighted by atomic mass is 19.1. The lowest BCUT2D eigenvalue weighted by Crippen LogP contribution is -2.32. The Morgan fingerprint density at radius 1 is 1.21 bits per heavy atom. The first-order valence-electron chi connectivity index (χ1n) is 15.7. The van der Waals surface area contributed by atoms with Gasteiger partial charge < -0.3 is 14.8 Å². The monoisotopic (exact) mass is 533 g/mol. The van der Waals surface area contributed by atoms with Crippen LogP contribution in [0.15, 0.2) is 48.7 Å². The SMILES string of the molecule is [2H]C([2H])([2H])N(C(=O)c1cc(C)c(C2=CCN([C@@H](C)c3cc4c(-c5ccc(NC)nn5)ccnc4n3C)CC2)c(F)c1)C([2H])([2H])[2H]. The van der Waals surface area contributed by atoms with Crippen LogP contribution in [-0.4, -0.2) is 69.5 Å². The second-order valence-corrected chi connectivity index (χ2v) is 9.72. The lowest BCUT2D eigenvalue weighted by Gasteiger charge is -2.32. The first kappa shape index (κ1) is 19.9. The fraction of sp³-hybridized carbons (Fsp3) is 0.333. The predicted molar refractivity (Wildman–Crippen MR) is 153 cm³/mol. The van der Waals surface area contributed by atoms with E-state index in [-0.39, 0.29) is 16.5 Å². The molecule has 39 heavy (non-hydrogen) atoms. The van der Waals surface area contributed by atoms with E-state index in [1.165, 1.54) is 6.07 Å².